The van der Waals surface area contributed by atoms with Gasteiger partial charge in [-0.3, -0.25) is 4.79 Å². The van der Waals surface area contributed by atoms with Crippen molar-refractivity contribution in [2.75, 3.05) is 6.61 Å². The van der Waals surface area contributed by atoms with Gasteiger partial charge < -0.3 is 15.2 Å². The van der Waals surface area contributed by atoms with E-state index in [1.807, 2.05) is 24.3 Å². The van der Waals surface area contributed by atoms with Crippen LogP contribution in [0.2, 0.25) is 0 Å². The SMILES string of the molecule is O=C(O)COc1cccc(CNC(=O)CCCc2ccccc2)c1. The second kappa shape index (κ2) is 9.35. The number of amides is 1. The second-order valence-electron chi connectivity index (χ2n) is 5.45. The molecule has 24 heavy (non-hydrogen) atoms. The van der Waals surface area contributed by atoms with Crippen molar-refractivity contribution >= 4 is 11.9 Å². The van der Waals surface area contributed by atoms with Crippen molar-refractivity contribution in [3.63, 3.8) is 0 Å². The molecule has 0 aliphatic rings. The van der Waals surface area contributed by atoms with Crippen molar-refractivity contribution in [1.29, 1.82) is 0 Å². The lowest BCUT2D eigenvalue weighted by Crippen LogP contribution is -2.22. The van der Waals surface area contributed by atoms with Crippen molar-refractivity contribution in [3.05, 3.63) is 65.7 Å². The van der Waals surface area contributed by atoms with Crippen LogP contribution in [0, 0.1) is 0 Å². The Hall–Kier alpha value is -2.82. The Morgan fingerprint density at radius 3 is 2.50 bits per heavy atom. The van der Waals surface area contributed by atoms with E-state index in [4.69, 9.17) is 9.84 Å². The molecule has 0 fully saturated rings. The lowest BCUT2D eigenvalue weighted by Gasteiger charge is -2.08. The van der Waals surface area contributed by atoms with E-state index in [1.54, 1.807) is 18.2 Å². The maximum atomic E-state index is 11.9. The van der Waals surface area contributed by atoms with E-state index in [0.717, 1.165) is 18.4 Å². The summed E-state index contributed by atoms with van der Waals surface area (Å²) in [5.74, 6) is -0.539. The number of nitrogens with one attached hydrogen (secondary N) is 1. The van der Waals surface area contributed by atoms with Crippen LogP contribution in [0.4, 0.5) is 0 Å². The number of carbonyl (C=O) groups is 2. The van der Waals surface area contributed by atoms with E-state index in [2.05, 4.69) is 17.4 Å². The molecule has 126 valence electrons. The molecule has 5 heteroatoms. The lowest BCUT2D eigenvalue weighted by atomic mass is 10.1. The highest BCUT2D eigenvalue weighted by atomic mass is 16.5. The van der Waals surface area contributed by atoms with Crippen LogP contribution >= 0.6 is 0 Å². The predicted molar refractivity (Wildman–Crippen MR) is 90.8 cm³/mol. The highest BCUT2D eigenvalue weighted by molar-refractivity contribution is 5.75. The topological polar surface area (TPSA) is 75.6 Å². The molecule has 0 saturated carbocycles. The van der Waals surface area contributed by atoms with Crippen molar-refractivity contribution in [2.45, 2.75) is 25.8 Å². The summed E-state index contributed by atoms with van der Waals surface area (Å²) in [5.41, 5.74) is 2.10. The Balaban J connectivity index is 1.71. The van der Waals surface area contributed by atoms with Crippen molar-refractivity contribution in [3.8, 4) is 5.75 Å². The summed E-state index contributed by atoms with van der Waals surface area (Å²) in [6.45, 7) is 0.0176. The summed E-state index contributed by atoms with van der Waals surface area (Å²) in [4.78, 5) is 22.4. The molecule has 0 heterocycles. The van der Waals surface area contributed by atoms with Gasteiger partial charge >= 0.3 is 5.97 Å². The molecule has 0 aliphatic carbocycles. The summed E-state index contributed by atoms with van der Waals surface area (Å²) < 4.78 is 5.12. The zero-order chi connectivity index (χ0) is 17.2. The number of ether oxygens (including phenoxy) is 1. The minimum atomic E-state index is -1.02. The van der Waals surface area contributed by atoms with E-state index < -0.39 is 5.97 Å². The van der Waals surface area contributed by atoms with Crippen LogP contribution < -0.4 is 10.1 Å². The maximum absolute atomic E-state index is 11.9. The Labute approximate surface area is 141 Å². The van der Waals surface area contributed by atoms with Gasteiger partial charge in [-0.1, -0.05) is 42.5 Å². The van der Waals surface area contributed by atoms with Crippen LogP contribution in [0.5, 0.6) is 5.75 Å². The van der Waals surface area contributed by atoms with E-state index in [9.17, 15) is 9.59 Å². The third kappa shape index (κ3) is 6.52. The molecule has 2 aromatic rings. The molecule has 2 rings (SSSR count). The van der Waals surface area contributed by atoms with Gasteiger partial charge in [0, 0.05) is 13.0 Å². The summed E-state index contributed by atoms with van der Waals surface area (Å²) >= 11 is 0. The standard InChI is InChI=1S/C19H21NO4/c21-18(11-5-8-15-6-2-1-3-7-15)20-13-16-9-4-10-17(12-16)24-14-19(22)23/h1-4,6-7,9-10,12H,5,8,11,13-14H2,(H,20,21)(H,22,23). The molecular formula is C19H21NO4. The number of benzene rings is 2. The Kier molecular flexibility index (Phi) is 6.83. The molecule has 0 radical (unpaired) electrons. The first-order valence-electron chi connectivity index (χ1n) is 7.87. The Morgan fingerprint density at radius 2 is 1.75 bits per heavy atom. The number of rotatable bonds is 9. The van der Waals surface area contributed by atoms with Crippen LogP contribution in [0.15, 0.2) is 54.6 Å². The molecule has 5 nitrogen and oxygen atoms in total. The zero-order valence-corrected chi connectivity index (χ0v) is 13.4. The first-order chi connectivity index (χ1) is 11.6. The van der Waals surface area contributed by atoms with E-state index >= 15 is 0 Å². The van der Waals surface area contributed by atoms with Crippen molar-refractivity contribution in [1.82, 2.24) is 5.32 Å². The van der Waals surface area contributed by atoms with Gasteiger partial charge in [0.15, 0.2) is 6.61 Å². The number of hydrogen-bond acceptors (Lipinski definition) is 3. The quantitative estimate of drug-likeness (QED) is 0.742. The second-order valence-corrected chi connectivity index (χ2v) is 5.45. The zero-order valence-electron chi connectivity index (χ0n) is 13.4. The minimum absolute atomic E-state index is 0.00258. The fraction of sp³-hybridized carbons (Fsp3) is 0.263. The lowest BCUT2D eigenvalue weighted by molar-refractivity contribution is -0.139. The summed E-state index contributed by atoms with van der Waals surface area (Å²) in [6.07, 6.45) is 2.16. The third-order valence-electron chi connectivity index (χ3n) is 3.46. The van der Waals surface area contributed by atoms with Gasteiger partial charge in [0.05, 0.1) is 0 Å². The molecule has 2 N–H and O–H groups in total. The van der Waals surface area contributed by atoms with Crippen LogP contribution in [-0.4, -0.2) is 23.6 Å². The highest BCUT2D eigenvalue weighted by Gasteiger charge is 2.04. The van der Waals surface area contributed by atoms with Gasteiger partial charge in [0.1, 0.15) is 5.75 Å². The molecule has 0 saturated heterocycles. The van der Waals surface area contributed by atoms with Gasteiger partial charge in [0.2, 0.25) is 5.91 Å². The number of carboxylic acid groups (broad SMARTS) is 1. The average Bonchev–Trinajstić information content (AvgIpc) is 2.59. The molecule has 0 aliphatic heterocycles. The van der Waals surface area contributed by atoms with Gasteiger partial charge in [-0.05, 0) is 36.1 Å². The van der Waals surface area contributed by atoms with Gasteiger partial charge in [-0.2, -0.15) is 0 Å². The van der Waals surface area contributed by atoms with Crippen LogP contribution in [0.3, 0.4) is 0 Å². The number of aryl methyl sites for hydroxylation is 1. The van der Waals surface area contributed by atoms with Crippen LogP contribution in [0.25, 0.3) is 0 Å². The van der Waals surface area contributed by atoms with Crippen molar-refractivity contribution in [2.24, 2.45) is 0 Å². The summed E-state index contributed by atoms with van der Waals surface area (Å²) in [7, 11) is 0. The molecule has 0 unspecified atom stereocenters. The molecule has 0 atom stereocenters. The minimum Gasteiger partial charge on any atom is -0.482 e. The number of aliphatic carboxylic acids is 1. The highest BCUT2D eigenvalue weighted by Crippen LogP contribution is 2.13. The Morgan fingerprint density at radius 1 is 1.00 bits per heavy atom. The maximum Gasteiger partial charge on any atom is 0.341 e. The molecule has 1 amide bonds. The fourth-order valence-corrected chi connectivity index (χ4v) is 2.28. The average molecular weight is 327 g/mol. The number of carbonyl (C=O) groups excluding carboxylic acids is 1. The molecular weight excluding hydrogens is 306 g/mol. The van der Waals surface area contributed by atoms with Gasteiger partial charge in [0.25, 0.3) is 0 Å². The molecule has 0 spiro atoms. The molecule has 2 aromatic carbocycles. The summed E-state index contributed by atoms with van der Waals surface area (Å²) in [6, 6.07) is 17.1. The predicted octanol–water partition coefficient (Wildman–Crippen LogP) is 2.79. The fourth-order valence-electron chi connectivity index (χ4n) is 2.28. The first kappa shape index (κ1) is 17.5. The van der Waals surface area contributed by atoms with Crippen molar-refractivity contribution < 1.29 is 19.4 Å². The van der Waals surface area contributed by atoms with E-state index in [-0.39, 0.29) is 12.5 Å². The van der Waals surface area contributed by atoms with Crippen LogP contribution in [-0.2, 0) is 22.6 Å². The monoisotopic (exact) mass is 327 g/mol. The number of carboxylic acids is 1. The normalized spacial score (nSPS) is 10.2. The van der Waals surface area contributed by atoms with Gasteiger partial charge in [-0.25, -0.2) is 4.79 Å². The van der Waals surface area contributed by atoms with E-state index in [0.29, 0.717) is 18.7 Å². The van der Waals surface area contributed by atoms with E-state index in [1.165, 1.54) is 5.56 Å². The molecule has 0 aromatic heterocycles. The third-order valence-corrected chi connectivity index (χ3v) is 3.46. The smallest absolute Gasteiger partial charge is 0.341 e. The van der Waals surface area contributed by atoms with Crippen LogP contribution in [0.1, 0.15) is 24.0 Å². The molecule has 0 bridgehead atoms. The summed E-state index contributed by atoms with van der Waals surface area (Å²) in [5, 5.41) is 11.5. The first-order valence-corrected chi connectivity index (χ1v) is 7.87. The number of hydrogen-bond donors (Lipinski definition) is 2. The Bertz CT molecular complexity index is 670. The largest absolute Gasteiger partial charge is 0.482 e. The van der Waals surface area contributed by atoms with Gasteiger partial charge in [-0.15, -0.1) is 0 Å².